The van der Waals surface area contributed by atoms with E-state index < -0.39 is 0 Å². The molecule has 132 valence electrons. The SMILES string of the molecule is CN=C(NCC(c1cccs1)N1CCCC1)NC(C)COC.I. The van der Waals surface area contributed by atoms with Crippen LogP contribution in [0, 0.1) is 0 Å². The number of thiophene rings is 1. The fourth-order valence-corrected chi connectivity index (χ4v) is 3.72. The van der Waals surface area contributed by atoms with Crippen molar-refractivity contribution in [1.29, 1.82) is 0 Å². The Kier molecular flexibility index (Phi) is 10.1. The van der Waals surface area contributed by atoms with Gasteiger partial charge in [0.1, 0.15) is 0 Å². The Balaban J connectivity index is 0.00000264. The van der Waals surface area contributed by atoms with E-state index >= 15 is 0 Å². The smallest absolute Gasteiger partial charge is 0.191 e. The van der Waals surface area contributed by atoms with Gasteiger partial charge in [0.25, 0.3) is 0 Å². The molecule has 0 bridgehead atoms. The molecule has 0 aliphatic carbocycles. The van der Waals surface area contributed by atoms with Crippen molar-refractivity contribution in [3.8, 4) is 0 Å². The van der Waals surface area contributed by atoms with Gasteiger partial charge in [-0.25, -0.2) is 0 Å². The first kappa shape index (κ1) is 20.7. The molecule has 1 saturated heterocycles. The number of rotatable bonds is 7. The Morgan fingerprint density at radius 3 is 2.74 bits per heavy atom. The standard InChI is InChI=1S/C16H28N4OS.HI/c1-13(12-21-3)19-16(17-2)18-11-14(15-7-6-10-22-15)20-8-4-5-9-20;/h6-7,10,13-14H,4-5,8-9,11-12H2,1-3H3,(H2,17,18,19);1H. The van der Waals surface area contributed by atoms with Crippen LogP contribution in [0.2, 0.25) is 0 Å². The highest BCUT2D eigenvalue weighted by Gasteiger charge is 2.24. The average Bonchev–Trinajstić information content (AvgIpc) is 3.20. The Morgan fingerprint density at radius 2 is 2.17 bits per heavy atom. The molecule has 7 heteroatoms. The fourth-order valence-electron chi connectivity index (χ4n) is 2.86. The largest absolute Gasteiger partial charge is 0.383 e. The highest BCUT2D eigenvalue weighted by molar-refractivity contribution is 14.0. The summed E-state index contributed by atoms with van der Waals surface area (Å²) in [6.07, 6.45) is 2.61. The van der Waals surface area contributed by atoms with Crippen LogP contribution in [0.5, 0.6) is 0 Å². The highest BCUT2D eigenvalue weighted by Crippen LogP contribution is 2.27. The molecule has 1 aromatic rings. The highest BCUT2D eigenvalue weighted by atomic mass is 127. The monoisotopic (exact) mass is 452 g/mol. The number of nitrogens with zero attached hydrogens (tertiary/aromatic N) is 2. The molecular formula is C16H29IN4OS. The topological polar surface area (TPSA) is 48.9 Å². The van der Waals surface area contributed by atoms with Crippen molar-refractivity contribution < 1.29 is 4.74 Å². The zero-order valence-corrected chi connectivity index (χ0v) is 17.4. The van der Waals surface area contributed by atoms with Gasteiger partial charge in [-0.15, -0.1) is 35.3 Å². The van der Waals surface area contributed by atoms with E-state index in [4.69, 9.17) is 4.74 Å². The van der Waals surface area contributed by atoms with Gasteiger partial charge in [0.05, 0.1) is 12.6 Å². The van der Waals surface area contributed by atoms with Gasteiger partial charge >= 0.3 is 0 Å². The minimum atomic E-state index is 0. The number of methoxy groups -OCH3 is 1. The van der Waals surface area contributed by atoms with Gasteiger partial charge in [-0.1, -0.05) is 6.07 Å². The minimum Gasteiger partial charge on any atom is -0.383 e. The summed E-state index contributed by atoms with van der Waals surface area (Å²) in [5.41, 5.74) is 0. The molecular weight excluding hydrogens is 423 g/mol. The summed E-state index contributed by atoms with van der Waals surface area (Å²) in [6, 6.07) is 5.04. The summed E-state index contributed by atoms with van der Waals surface area (Å²) < 4.78 is 5.16. The summed E-state index contributed by atoms with van der Waals surface area (Å²) in [7, 11) is 3.53. The average molecular weight is 452 g/mol. The van der Waals surface area contributed by atoms with Crippen molar-refractivity contribution in [3.63, 3.8) is 0 Å². The molecule has 2 heterocycles. The third-order valence-electron chi connectivity index (χ3n) is 3.94. The molecule has 1 fully saturated rings. The van der Waals surface area contributed by atoms with E-state index in [1.54, 1.807) is 7.11 Å². The second kappa shape index (κ2) is 11.2. The van der Waals surface area contributed by atoms with Gasteiger partial charge in [0, 0.05) is 31.6 Å². The van der Waals surface area contributed by atoms with Crippen molar-refractivity contribution in [2.24, 2.45) is 4.99 Å². The Morgan fingerprint density at radius 1 is 1.43 bits per heavy atom. The number of aliphatic imine (C=N–C) groups is 1. The molecule has 0 amide bonds. The van der Waals surface area contributed by atoms with Gasteiger partial charge in [0.15, 0.2) is 5.96 Å². The van der Waals surface area contributed by atoms with E-state index in [1.165, 1.54) is 30.8 Å². The van der Waals surface area contributed by atoms with E-state index in [0.717, 1.165) is 12.5 Å². The van der Waals surface area contributed by atoms with E-state index in [9.17, 15) is 0 Å². The number of nitrogens with one attached hydrogen (secondary N) is 2. The molecule has 23 heavy (non-hydrogen) atoms. The third-order valence-corrected chi connectivity index (χ3v) is 4.91. The lowest BCUT2D eigenvalue weighted by atomic mass is 10.2. The molecule has 1 aliphatic rings. The second-order valence-electron chi connectivity index (χ2n) is 5.73. The zero-order chi connectivity index (χ0) is 15.8. The lowest BCUT2D eigenvalue weighted by molar-refractivity contribution is 0.178. The van der Waals surface area contributed by atoms with Gasteiger partial charge in [0.2, 0.25) is 0 Å². The first-order valence-electron chi connectivity index (χ1n) is 7.98. The number of hydrogen-bond donors (Lipinski definition) is 2. The molecule has 1 aromatic heterocycles. The van der Waals surface area contributed by atoms with Crippen LogP contribution in [0.15, 0.2) is 22.5 Å². The Bertz CT molecular complexity index is 449. The van der Waals surface area contributed by atoms with Crippen LogP contribution in [-0.4, -0.2) is 57.3 Å². The normalized spacial score (nSPS) is 18.3. The molecule has 0 saturated carbocycles. The third kappa shape index (κ3) is 6.56. The summed E-state index contributed by atoms with van der Waals surface area (Å²) in [5, 5.41) is 8.99. The van der Waals surface area contributed by atoms with Crippen molar-refractivity contribution in [3.05, 3.63) is 22.4 Å². The summed E-state index contributed by atoms with van der Waals surface area (Å²) >= 11 is 1.84. The van der Waals surface area contributed by atoms with Crippen LogP contribution in [0.25, 0.3) is 0 Å². The molecule has 1 aliphatic heterocycles. The molecule has 2 N–H and O–H groups in total. The van der Waals surface area contributed by atoms with Crippen molar-refractivity contribution in [2.75, 3.05) is 40.4 Å². The number of hydrogen-bond acceptors (Lipinski definition) is 4. The predicted octanol–water partition coefficient (Wildman–Crippen LogP) is 2.70. The molecule has 5 nitrogen and oxygen atoms in total. The summed E-state index contributed by atoms with van der Waals surface area (Å²) in [5.74, 6) is 0.838. The number of ether oxygens (including phenoxy) is 1. The first-order chi connectivity index (χ1) is 10.7. The molecule has 0 radical (unpaired) electrons. The van der Waals surface area contributed by atoms with E-state index in [2.05, 4.69) is 45.0 Å². The quantitative estimate of drug-likeness (QED) is 0.380. The second-order valence-corrected chi connectivity index (χ2v) is 6.71. The number of likely N-dealkylation sites (tertiary alicyclic amines) is 1. The maximum absolute atomic E-state index is 5.16. The summed E-state index contributed by atoms with van der Waals surface area (Å²) in [4.78, 5) is 8.31. The maximum Gasteiger partial charge on any atom is 0.191 e. The molecule has 2 unspecified atom stereocenters. The van der Waals surface area contributed by atoms with Crippen LogP contribution < -0.4 is 10.6 Å². The molecule has 0 spiro atoms. The van der Waals surface area contributed by atoms with Gasteiger partial charge in [-0.05, 0) is 44.3 Å². The van der Waals surface area contributed by atoms with E-state index in [-0.39, 0.29) is 30.0 Å². The van der Waals surface area contributed by atoms with E-state index in [0.29, 0.717) is 12.6 Å². The molecule has 0 aromatic carbocycles. The number of guanidine groups is 1. The van der Waals surface area contributed by atoms with Crippen LogP contribution in [0.4, 0.5) is 0 Å². The van der Waals surface area contributed by atoms with Crippen LogP contribution in [-0.2, 0) is 4.74 Å². The van der Waals surface area contributed by atoms with Gasteiger partial charge < -0.3 is 15.4 Å². The minimum absolute atomic E-state index is 0. The zero-order valence-electron chi connectivity index (χ0n) is 14.2. The van der Waals surface area contributed by atoms with Crippen LogP contribution in [0.1, 0.15) is 30.7 Å². The van der Waals surface area contributed by atoms with Crippen LogP contribution in [0.3, 0.4) is 0 Å². The van der Waals surface area contributed by atoms with Gasteiger partial charge in [-0.2, -0.15) is 0 Å². The van der Waals surface area contributed by atoms with Crippen LogP contribution >= 0.6 is 35.3 Å². The van der Waals surface area contributed by atoms with E-state index in [1.807, 2.05) is 18.4 Å². The van der Waals surface area contributed by atoms with Crippen molar-refractivity contribution in [2.45, 2.75) is 31.8 Å². The van der Waals surface area contributed by atoms with Gasteiger partial charge in [-0.3, -0.25) is 9.89 Å². The maximum atomic E-state index is 5.16. The first-order valence-corrected chi connectivity index (χ1v) is 8.86. The predicted molar refractivity (Wildman–Crippen MR) is 109 cm³/mol. The Hall–Kier alpha value is -0.380. The fraction of sp³-hybridized carbons (Fsp3) is 0.688. The number of halogens is 1. The lowest BCUT2D eigenvalue weighted by Gasteiger charge is -2.28. The van der Waals surface area contributed by atoms with Crippen molar-refractivity contribution in [1.82, 2.24) is 15.5 Å². The lowest BCUT2D eigenvalue weighted by Crippen LogP contribution is -2.46. The molecule has 2 atom stereocenters. The summed E-state index contributed by atoms with van der Waals surface area (Å²) in [6.45, 7) is 6.02. The Labute approximate surface area is 160 Å². The van der Waals surface area contributed by atoms with Crippen molar-refractivity contribution >= 4 is 41.3 Å². The molecule has 2 rings (SSSR count).